The highest BCUT2D eigenvalue weighted by molar-refractivity contribution is 6.11. The molecule has 3 aromatic rings. The van der Waals surface area contributed by atoms with Crippen LogP contribution in [0.15, 0.2) is 54.6 Å². The molecule has 2 heterocycles. The molecule has 0 bridgehead atoms. The molecule has 1 amide bonds. The van der Waals surface area contributed by atoms with Gasteiger partial charge in [-0.2, -0.15) is 13.2 Å². The van der Waals surface area contributed by atoms with Crippen molar-refractivity contribution in [2.75, 3.05) is 20.2 Å². The third-order valence-corrected chi connectivity index (χ3v) is 9.19. The van der Waals surface area contributed by atoms with Gasteiger partial charge in [0.15, 0.2) is 5.78 Å². The fourth-order valence-electron chi connectivity index (χ4n) is 7.02. The minimum absolute atomic E-state index is 0.00902. The highest BCUT2D eigenvalue weighted by Crippen LogP contribution is 2.48. The largest absolute Gasteiger partial charge is 0.445 e. The summed E-state index contributed by atoms with van der Waals surface area (Å²) in [4.78, 5) is 34.1. The van der Waals surface area contributed by atoms with Gasteiger partial charge in [0.25, 0.3) is 0 Å². The lowest BCUT2D eigenvalue weighted by Crippen LogP contribution is -2.39. The Morgan fingerprint density at radius 2 is 1.67 bits per heavy atom. The summed E-state index contributed by atoms with van der Waals surface area (Å²) >= 11 is 0. The number of ketones is 1. The van der Waals surface area contributed by atoms with E-state index >= 15 is 0 Å². The number of aromatic nitrogens is 1. The number of hydrogen-bond acceptors (Lipinski definition) is 5. The molecule has 0 saturated carbocycles. The number of carbonyl (C=O) groups excluding carboxylic acids is 2. The Kier molecular flexibility index (Phi) is 9.40. The SMILES string of the molecule is COC(C)c1nc2c(c(C3CCN(C(=O)OCc4ccccc4)CC3)c1C(=O)c1ccc(C(F)(F)F)cc1)[C@@H](C)CC(C)(C)C2. The second kappa shape index (κ2) is 12.9. The lowest BCUT2D eigenvalue weighted by atomic mass is 9.67. The first-order chi connectivity index (χ1) is 21.3. The van der Waals surface area contributed by atoms with Crippen molar-refractivity contribution in [2.45, 2.75) is 84.1 Å². The average Bonchev–Trinajstić information content (AvgIpc) is 3.01. The second-order valence-corrected chi connectivity index (χ2v) is 13.2. The third-order valence-electron chi connectivity index (χ3n) is 9.19. The zero-order valence-electron chi connectivity index (χ0n) is 26.5. The van der Waals surface area contributed by atoms with E-state index in [9.17, 15) is 22.8 Å². The highest BCUT2D eigenvalue weighted by Gasteiger charge is 2.40. The number of nitrogens with zero attached hydrogens (tertiary/aromatic N) is 2. The van der Waals surface area contributed by atoms with Crippen molar-refractivity contribution in [2.24, 2.45) is 5.41 Å². The van der Waals surface area contributed by atoms with Crippen molar-refractivity contribution in [3.05, 3.63) is 99.4 Å². The van der Waals surface area contributed by atoms with Crippen LogP contribution in [0.4, 0.5) is 18.0 Å². The summed E-state index contributed by atoms with van der Waals surface area (Å²) in [6.45, 7) is 9.53. The van der Waals surface area contributed by atoms with E-state index < -0.39 is 17.8 Å². The Morgan fingerprint density at radius 1 is 1.02 bits per heavy atom. The van der Waals surface area contributed by atoms with Crippen LogP contribution in [0, 0.1) is 5.41 Å². The summed E-state index contributed by atoms with van der Waals surface area (Å²) in [7, 11) is 1.56. The number of piperidine rings is 1. The zero-order chi connectivity index (χ0) is 32.5. The minimum Gasteiger partial charge on any atom is -0.445 e. The number of amides is 1. The topological polar surface area (TPSA) is 68.7 Å². The molecule has 1 aromatic heterocycles. The molecule has 1 fully saturated rings. The summed E-state index contributed by atoms with van der Waals surface area (Å²) in [5, 5.41) is 0. The zero-order valence-corrected chi connectivity index (χ0v) is 26.5. The van der Waals surface area contributed by atoms with Gasteiger partial charge < -0.3 is 14.4 Å². The Bertz CT molecular complexity index is 1530. The molecule has 1 aliphatic carbocycles. The van der Waals surface area contributed by atoms with E-state index in [4.69, 9.17) is 14.5 Å². The Morgan fingerprint density at radius 3 is 2.27 bits per heavy atom. The van der Waals surface area contributed by atoms with E-state index in [0.29, 0.717) is 37.2 Å². The first-order valence-corrected chi connectivity index (χ1v) is 15.6. The molecule has 1 unspecified atom stereocenters. The van der Waals surface area contributed by atoms with Crippen LogP contribution in [-0.4, -0.2) is 42.0 Å². The van der Waals surface area contributed by atoms with E-state index in [2.05, 4.69) is 20.8 Å². The van der Waals surface area contributed by atoms with Crippen LogP contribution >= 0.6 is 0 Å². The predicted molar refractivity (Wildman–Crippen MR) is 165 cm³/mol. The van der Waals surface area contributed by atoms with Gasteiger partial charge in [0.1, 0.15) is 6.61 Å². The molecule has 0 N–H and O–H groups in total. The summed E-state index contributed by atoms with van der Waals surface area (Å²) in [5.74, 6) is -0.305. The number of rotatable bonds is 7. The van der Waals surface area contributed by atoms with Crippen LogP contribution in [0.3, 0.4) is 0 Å². The van der Waals surface area contributed by atoms with Crippen LogP contribution in [0.5, 0.6) is 0 Å². The van der Waals surface area contributed by atoms with Gasteiger partial charge in [-0.05, 0) is 78.7 Å². The Labute approximate surface area is 262 Å². The summed E-state index contributed by atoms with van der Waals surface area (Å²) < 4.78 is 51.3. The number of hydrogen-bond donors (Lipinski definition) is 0. The van der Waals surface area contributed by atoms with Gasteiger partial charge in [-0.15, -0.1) is 0 Å². The van der Waals surface area contributed by atoms with Crippen LogP contribution in [0.25, 0.3) is 0 Å². The lowest BCUT2D eigenvalue weighted by Gasteiger charge is -2.40. The molecular weight excluding hydrogens is 581 g/mol. The lowest BCUT2D eigenvalue weighted by molar-refractivity contribution is -0.137. The number of carbonyl (C=O) groups is 2. The van der Waals surface area contributed by atoms with Crippen molar-refractivity contribution < 1.29 is 32.2 Å². The highest BCUT2D eigenvalue weighted by atomic mass is 19.4. The standard InChI is InChI=1S/C36H41F3N2O4/c1-22-19-35(3,4)20-28-29(22)30(25-15-17-41(18-16-25)34(43)45-21-24-9-7-6-8-10-24)31(32(40-28)23(2)44-5)33(42)26-11-13-27(14-12-26)36(37,38)39/h6-14,22-23,25H,15-21H2,1-5H3/t22-,23?/m0/s1. The van der Waals surface area contributed by atoms with Crippen molar-refractivity contribution in [3.8, 4) is 0 Å². The Balaban J connectivity index is 1.53. The van der Waals surface area contributed by atoms with Crippen molar-refractivity contribution in [1.82, 2.24) is 9.88 Å². The number of benzene rings is 2. The smallest absolute Gasteiger partial charge is 0.416 e. The van der Waals surface area contributed by atoms with Gasteiger partial charge in [-0.25, -0.2) is 4.79 Å². The first-order valence-electron chi connectivity index (χ1n) is 15.6. The van der Waals surface area contributed by atoms with Gasteiger partial charge in [-0.3, -0.25) is 9.78 Å². The van der Waals surface area contributed by atoms with Crippen molar-refractivity contribution in [1.29, 1.82) is 0 Å². The number of likely N-dealkylation sites (tertiary alicyclic amines) is 1. The van der Waals surface area contributed by atoms with E-state index in [1.54, 1.807) is 12.0 Å². The average molecular weight is 623 g/mol. The molecule has 45 heavy (non-hydrogen) atoms. The first kappa shape index (κ1) is 32.7. The third kappa shape index (κ3) is 7.08. The number of methoxy groups -OCH3 is 1. The maximum atomic E-state index is 14.4. The molecule has 9 heteroatoms. The van der Waals surface area contributed by atoms with Gasteiger partial charge in [0.05, 0.1) is 22.9 Å². The van der Waals surface area contributed by atoms with Crippen molar-refractivity contribution in [3.63, 3.8) is 0 Å². The Hall–Kier alpha value is -3.72. The van der Waals surface area contributed by atoms with E-state index in [1.165, 1.54) is 12.1 Å². The second-order valence-electron chi connectivity index (χ2n) is 13.2. The summed E-state index contributed by atoms with van der Waals surface area (Å²) in [6.07, 6.45) is -2.53. The molecule has 2 aromatic carbocycles. The molecule has 1 aliphatic heterocycles. The van der Waals surface area contributed by atoms with E-state index in [0.717, 1.165) is 47.4 Å². The predicted octanol–water partition coefficient (Wildman–Crippen LogP) is 8.63. The minimum atomic E-state index is -4.51. The maximum Gasteiger partial charge on any atom is 0.416 e. The van der Waals surface area contributed by atoms with E-state index in [-0.39, 0.29) is 41.3 Å². The molecule has 2 aliphatic rings. The molecule has 5 rings (SSSR count). The monoisotopic (exact) mass is 622 g/mol. The van der Waals surface area contributed by atoms with Gasteiger partial charge in [0, 0.05) is 31.5 Å². The molecule has 0 radical (unpaired) electrons. The van der Waals surface area contributed by atoms with Crippen LogP contribution in [0.1, 0.15) is 114 Å². The van der Waals surface area contributed by atoms with Gasteiger partial charge in [-0.1, -0.05) is 63.2 Å². The normalized spacial score (nSPS) is 19.1. The number of alkyl halides is 3. The number of ether oxygens (including phenoxy) is 2. The number of fused-ring (bicyclic) bond motifs is 1. The molecule has 2 atom stereocenters. The number of halogens is 3. The molecule has 0 spiro atoms. The number of pyridine rings is 1. The van der Waals surface area contributed by atoms with Crippen LogP contribution in [-0.2, 0) is 28.7 Å². The molecular formula is C36H41F3N2O4. The van der Waals surface area contributed by atoms with Gasteiger partial charge in [0.2, 0.25) is 0 Å². The fourth-order valence-corrected chi connectivity index (χ4v) is 7.02. The molecule has 6 nitrogen and oxygen atoms in total. The summed E-state index contributed by atoms with van der Waals surface area (Å²) in [6, 6.07) is 13.9. The molecule has 240 valence electrons. The summed E-state index contributed by atoms with van der Waals surface area (Å²) in [5.41, 5.74) is 4.11. The molecule has 1 saturated heterocycles. The van der Waals surface area contributed by atoms with Crippen LogP contribution in [0.2, 0.25) is 0 Å². The maximum absolute atomic E-state index is 14.4. The van der Waals surface area contributed by atoms with Crippen LogP contribution < -0.4 is 0 Å². The quantitative estimate of drug-likeness (QED) is 0.247. The van der Waals surface area contributed by atoms with Crippen molar-refractivity contribution >= 4 is 11.9 Å². The van der Waals surface area contributed by atoms with E-state index in [1.807, 2.05) is 37.3 Å². The van der Waals surface area contributed by atoms with Gasteiger partial charge >= 0.3 is 12.3 Å². The fraction of sp³-hybridized carbons (Fsp3) is 0.472.